The number of aliphatic hydroxyl groups is 3. The molecule has 5 atom stereocenters. The van der Waals surface area contributed by atoms with Gasteiger partial charge in [-0.3, -0.25) is 4.84 Å². The summed E-state index contributed by atoms with van der Waals surface area (Å²) in [6.07, 6.45) is -5.16. The molecule has 1 saturated heterocycles. The smallest absolute Gasteiger partial charge is 0.184 e. The average molecular weight is 209 g/mol. The van der Waals surface area contributed by atoms with Crippen LogP contribution in [0.2, 0.25) is 0 Å². The van der Waals surface area contributed by atoms with Gasteiger partial charge in [0.25, 0.3) is 0 Å². The van der Waals surface area contributed by atoms with E-state index >= 15 is 0 Å². The van der Waals surface area contributed by atoms with E-state index in [1.165, 1.54) is 7.11 Å². The SMILES string of the molecule is CO[C@@H]1[C@H](ON)[C@H](O)C(CO)O[C@@H]1O. The average Bonchev–Trinajstić information content (AvgIpc) is 2.20. The molecule has 1 fully saturated rings. The standard InChI is InChI=1S/C7H15NO6/c1-12-6-5(14-8)4(10)3(2-9)13-7(6)11/h3-7,9-11H,2,8H2,1H3/t3?,4-,5-,6-,7+/m1/s1. The number of rotatable bonds is 3. The molecule has 7 nitrogen and oxygen atoms in total. The lowest BCUT2D eigenvalue weighted by Crippen LogP contribution is -2.60. The summed E-state index contributed by atoms with van der Waals surface area (Å²) in [5.41, 5.74) is 0. The Morgan fingerprint density at radius 1 is 1.36 bits per heavy atom. The molecule has 84 valence electrons. The second kappa shape index (κ2) is 4.99. The summed E-state index contributed by atoms with van der Waals surface area (Å²) < 4.78 is 9.73. The highest BCUT2D eigenvalue weighted by atomic mass is 16.7. The highest BCUT2D eigenvalue weighted by Gasteiger charge is 2.45. The predicted molar refractivity (Wildman–Crippen MR) is 43.8 cm³/mol. The lowest BCUT2D eigenvalue weighted by atomic mass is 9.99. The van der Waals surface area contributed by atoms with Crippen molar-refractivity contribution in [3.8, 4) is 0 Å². The minimum atomic E-state index is -1.28. The summed E-state index contributed by atoms with van der Waals surface area (Å²) in [7, 11) is 1.33. The molecule has 0 aliphatic carbocycles. The van der Waals surface area contributed by atoms with Crippen LogP contribution in [0.25, 0.3) is 0 Å². The van der Waals surface area contributed by atoms with Crippen molar-refractivity contribution in [2.24, 2.45) is 5.90 Å². The zero-order valence-corrected chi connectivity index (χ0v) is 7.74. The Hall–Kier alpha value is -0.280. The summed E-state index contributed by atoms with van der Waals surface area (Å²) >= 11 is 0. The van der Waals surface area contributed by atoms with Crippen LogP contribution in [0.3, 0.4) is 0 Å². The molecule has 1 unspecified atom stereocenters. The van der Waals surface area contributed by atoms with Gasteiger partial charge in [-0.2, -0.15) is 0 Å². The van der Waals surface area contributed by atoms with Gasteiger partial charge < -0.3 is 24.8 Å². The van der Waals surface area contributed by atoms with Crippen molar-refractivity contribution >= 4 is 0 Å². The van der Waals surface area contributed by atoms with Crippen LogP contribution in [0.4, 0.5) is 0 Å². The quantitative estimate of drug-likeness (QED) is 0.375. The van der Waals surface area contributed by atoms with Gasteiger partial charge in [0.2, 0.25) is 0 Å². The molecule has 0 spiro atoms. The molecule has 0 aromatic rings. The molecule has 7 heteroatoms. The topological polar surface area (TPSA) is 114 Å². The van der Waals surface area contributed by atoms with Crippen molar-refractivity contribution in [2.45, 2.75) is 30.7 Å². The molecule has 0 aromatic carbocycles. The maximum Gasteiger partial charge on any atom is 0.184 e. The number of hydrogen-bond donors (Lipinski definition) is 4. The summed E-state index contributed by atoms with van der Waals surface area (Å²) in [5.74, 6) is 4.95. The molecule has 14 heavy (non-hydrogen) atoms. The monoisotopic (exact) mass is 209 g/mol. The van der Waals surface area contributed by atoms with E-state index in [-0.39, 0.29) is 0 Å². The first-order chi connectivity index (χ1) is 6.65. The fourth-order valence-electron chi connectivity index (χ4n) is 1.46. The summed E-state index contributed by atoms with van der Waals surface area (Å²) in [6.45, 7) is -0.436. The molecule has 5 N–H and O–H groups in total. The summed E-state index contributed by atoms with van der Waals surface area (Å²) in [4.78, 5) is 4.48. The maximum atomic E-state index is 9.57. The van der Waals surface area contributed by atoms with E-state index in [0.717, 1.165) is 0 Å². The van der Waals surface area contributed by atoms with Gasteiger partial charge in [-0.15, -0.1) is 0 Å². The van der Waals surface area contributed by atoms with Crippen LogP contribution in [-0.4, -0.2) is 59.7 Å². The van der Waals surface area contributed by atoms with Crippen LogP contribution in [0, 0.1) is 0 Å². The lowest BCUT2D eigenvalue weighted by Gasteiger charge is -2.40. The van der Waals surface area contributed by atoms with Crippen LogP contribution in [0.1, 0.15) is 0 Å². The van der Waals surface area contributed by atoms with Crippen molar-refractivity contribution in [2.75, 3.05) is 13.7 Å². The summed E-state index contributed by atoms with van der Waals surface area (Å²) in [6, 6.07) is 0. The third kappa shape index (κ3) is 2.04. The van der Waals surface area contributed by atoms with E-state index in [1.807, 2.05) is 0 Å². The number of hydrogen-bond acceptors (Lipinski definition) is 7. The molecule has 1 rings (SSSR count). The first-order valence-electron chi connectivity index (χ1n) is 4.16. The molecule has 0 saturated carbocycles. The van der Waals surface area contributed by atoms with Crippen LogP contribution < -0.4 is 5.90 Å². The minimum absolute atomic E-state index is 0.436. The molecule has 1 aliphatic rings. The Kier molecular flexibility index (Phi) is 4.20. The largest absolute Gasteiger partial charge is 0.394 e. The van der Waals surface area contributed by atoms with Gasteiger partial charge in [0.1, 0.15) is 24.4 Å². The Morgan fingerprint density at radius 3 is 2.43 bits per heavy atom. The van der Waals surface area contributed by atoms with Gasteiger partial charge in [0.15, 0.2) is 6.29 Å². The Bertz CT molecular complexity index is 180. The normalized spacial score (nSPS) is 43.9. The van der Waals surface area contributed by atoms with Crippen LogP contribution in [0.5, 0.6) is 0 Å². The van der Waals surface area contributed by atoms with Crippen molar-refractivity contribution in [3.05, 3.63) is 0 Å². The molecule has 0 aromatic heterocycles. The van der Waals surface area contributed by atoms with Gasteiger partial charge in [0.05, 0.1) is 6.61 Å². The third-order valence-electron chi connectivity index (χ3n) is 2.25. The van der Waals surface area contributed by atoms with E-state index in [2.05, 4.69) is 4.84 Å². The Morgan fingerprint density at radius 2 is 2.00 bits per heavy atom. The lowest BCUT2D eigenvalue weighted by molar-refractivity contribution is -0.300. The van der Waals surface area contributed by atoms with Crippen LogP contribution in [0.15, 0.2) is 0 Å². The molecular weight excluding hydrogens is 194 g/mol. The van der Waals surface area contributed by atoms with Gasteiger partial charge in [-0.05, 0) is 0 Å². The van der Waals surface area contributed by atoms with Crippen molar-refractivity contribution in [3.63, 3.8) is 0 Å². The number of aliphatic hydroxyl groups excluding tert-OH is 3. The van der Waals surface area contributed by atoms with Gasteiger partial charge in [-0.1, -0.05) is 0 Å². The molecule has 1 aliphatic heterocycles. The van der Waals surface area contributed by atoms with Crippen LogP contribution in [-0.2, 0) is 14.3 Å². The zero-order valence-electron chi connectivity index (χ0n) is 7.74. The molecule has 0 radical (unpaired) electrons. The minimum Gasteiger partial charge on any atom is -0.394 e. The van der Waals surface area contributed by atoms with E-state index in [4.69, 9.17) is 20.5 Å². The second-order valence-electron chi connectivity index (χ2n) is 3.04. The fraction of sp³-hybridized carbons (Fsp3) is 1.00. The first kappa shape index (κ1) is 11.8. The predicted octanol–water partition coefficient (Wildman–Crippen LogP) is -2.67. The van der Waals surface area contributed by atoms with Gasteiger partial charge in [0, 0.05) is 7.11 Å². The Balaban J connectivity index is 2.73. The van der Waals surface area contributed by atoms with E-state index in [0.29, 0.717) is 0 Å². The first-order valence-corrected chi connectivity index (χ1v) is 4.16. The fourth-order valence-corrected chi connectivity index (χ4v) is 1.46. The molecule has 1 heterocycles. The highest BCUT2D eigenvalue weighted by Crippen LogP contribution is 2.22. The van der Waals surface area contributed by atoms with Crippen molar-refractivity contribution in [1.29, 1.82) is 0 Å². The van der Waals surface area contributed by atoms with E-state index in [1.54, 1.807) is 0 Å². The van der Waals surface area contributed by atoms with Crippen LogP contribution >= 0.6 is 0 Å². The Labute approximate surface area is 80.9 Å². The number of nitrogens with two attached hydrogens (primary N) is 1. The summed E-state index contributed by atoms with van der Waals surface area (Å²) in [5, 5.41) is 27.8. The van der Waals surface area contributed by atoms with Crippen molar-refractivity contribution < 1.29 is 29.6 Å². The molecule has 0 amide bonds. The van der Waals surface area contributed by atoms with Crippen molar-refractivity contribution in [1.82, 2.24) is 0 Å². The van der Waals surface area contributed by atoms with Gasteiger partial charge in [-0.25, -0.2) is 5.90 Å². The second-order valence-corrected chi connectivity index (χ2v) is 3.04. The molecule has 0 bridgehead atoms. The molecular formula is C7H15NO6. The van der Waals surface area contributed by atoms with E-state index in [9.17, 15) is 10.2 Å². The highest BCUT2D eigenvalue weighted by molar-refractivity contribution is 4.89. The van der Waals surface area contributed by atoms with E-state index < -0.39 is 37.3 Å². The number of ether oxygens (including phenoxy) is 2. The van der Waals surface area contributed by atoms with Gasteiger partial charge >= 0.3 is 0 Å². The zero-order chi connectivity index (χ0) is 10.7. The number of methoxy groups -OCH3 is 1. The third-order valence-corrected chi connectivity index (χ3v) is 2.25. The maximum absolute atomic E-state index is 9.57.